The molecule has 6 aliphatic carbocycles. The lowest BCUT2D eigenvalue weighted by Gasteiger charge is -2.57. The number of halogens is 2. The maximum absolute atomic E-state index is 13.5. The second-order valence-corrected chi connectivity index (χ2v) is 14.9. The maximum Gasteiger partial charge on any atom is 0.317 e. The molecule has 0 radical (unpaired) electrons. The van der Waals surface area contributed by atoms with Crippen molar-refractivity contribution in [1.82, 2.24) is 29.7 Å². The highest BCUT2D eigenvalue weighted by Gasteiger charge is 2.52. The molecule has 7 aliphatic rings. The van der Waals surface area contributed by atoms with Crippen LogP contribution in [0.1, 0.15) is 109 Å². The first-order chi connectivity index (χ1) is 20.5. The van der Waals surface area contributed by atoms with Crippen molar-refractivity contribution in [3.63, 3.8) is 0 Å². The van der Waals surface area contributed by atoms with Crippen molar-refractivity contribution in [2.75, 3.05) is 23.7 Å². The molecule has 7 fully saturated rings. The van der Waals surface area contributed by atoms with Crippen molar-refractivity contribution >= 4 is 53.8 Å². The van der Waals surface area contributed by atoms with Gasteiger partial charge >= 0.3 is 6.03 Å². The second-order valence-electron chi connectivity index (χ2n) is 14.9. The number of nitrogens with two attached hydrogens (primary N) is 1. The second kappa shape index (κ2) is 13.0. The Hall–Kier alpha value is -2.04. The van der Waals surface area contributed by atoms with Crippen molar-refractivity contribution in [2.24, 2.45) is 23.5 Å². The van der Waals surface area contributed by atoms with Gasteiger partial charge in [-0.05, 0) is 108 Å². The molecule has 5 N–H and O–H groups in total. The fraction of sp³-hybridized carbons (Fsp3) is 0.812. The molecule has 244 valence electrons. The highest BCUT2D eigenvalue weighted by molar-refractivity contribution is 5.86. The van der Waals surface area contributed by atoms with E-state index >= 15 is 0 Å². The summed E-state index contributed by atoms with van der Waals surface area (Å²) in [5.74, 6) is 4.02. The summed E-state index contributed by atoms with van der Waals surface area (Å²) in [6.07, 6.45) is 20.7. The molecule has 0 spiro atoms. The third kappa shape index (κ3) is 6.32. The predicted molar refractivity (Wildman–Crippen MR) is 179 cm³/mol. The Morgan fingerprint density at radius 3 is 2.07 bits per heavy atom. The largest absolute Gasteiger partial charge is 0.365 e. The predicted octanol–water partition coefficient (Wildman–Crippen LogP) is 6.02. The lowest BCUT2D eigenvalue weighted by atomic mass is 9.53. The van der Waals surface area contributed by atoms with Gasteiger partial charge in [0.25, 0.3) is 0 Å². The number of urea groups is 1. The topological polar surface area (TPSA) is 126 Å². The molecule has 1 aliphatic heterocycles. The van der Waals surface area contributed by atoms with E-state index in [1.54, 1.807) is 0 Å². The van der Waals surface area contributed by atoms with E-state index in [1.165, 1.54) is 64.2 Å². The number of nitrogens with one attached hydrogen (secondary N) is 3. The number of carbonyl (C=O) groups excluding carboxylic acids is 1. The van der Waals surface area contributed by atoms with Gasteiger partial charge in [-0.25, -0.2) is 9.78 Å². The van der Waals surface area contributed by atoms with Crippen molar-refractivity contribution < 1.29 is 4.79 Å². The summed E-state index contributed by atoms with van der Waals surface area (Å²) in [6.45, 7) is 1.54. The first kappa shape index (κ1) is 31.9. The van der Waals surface area contributed by atoms with Gasteiger partial charge in [0.05, 0.1) is 6.33 Å². The molecule has 0 aromatic carbocycles. The third-order valence-corrected chi connectivity index (χ3v) is 11.8. The molecule has 2 aromatic heterocycles. The molecule has 10 nitrogen and oxygen atoms in total. The van der Waals surface area contributed by atoms with E-state index in [0.29, 0.717) is 24.1 Å². The molecular formula is C32H51Cl2N9O. The Morgan fingerprint density at radius 2 is 1.43 bits per heavy atom. The molecule has 2 aromatic rings. The Labute approximate surface area is 273 Å². The van der Waals surface area contributed by atoms with Crippen LogP contribution in [0.4, 0.5) is 16.6 Å². The summed E-state index contributed by atoms with van der Waals surface area (Å²) in [7, 11) is 0. The van der Waals surface area contributed by atoms with Gasteiger partial charge in [-0.2, -0.15) is 9.97 Å². The van der Waals surface area contributed by atoms with E-state index in [0.717, 1.165) is 86.3 Å². The number of imidazole rings is 1. The van der Waals surface area contributed by atoms with Crippen LogP contribution >= 0.6 is 24.8 Å². The van der Waals surface area contributed by atoms with Crippen LogP contribution in [-0.4, -0.2) is 67.2 Å². The van der Waals surface area contributed by atoms with Crippen molar-refractivity contribution in [3.8, 4) is 0 Å². The number of likely N-dealkylation sites (tertiary alicyclic amines) is 1. The number of nitrogens with zero attached hydrogens (tertiary/aromatic N) is 5. The molecule has 3 heterocycles. The molecule has 6 saturated carbocycles. The fourth-order valence-electron chi connectivity index (χ4n) is 9.97. The van der Waals surface area contributed by atoms with E-state index in [-0.39, 0.29) is 42.4 Å². The molecule has 1 saturated heterocycles. The van der Waals surface area contributed by atoms with Crippen molar-refractivity contribution in [3.05, 3.63) is 6.33 Å². The Bertz CT molecular complexity index is 1260. The van der Waals surface area contributed by atoms with E-state index in [9.17, 15) is 4.79 Å². The molecule has 0 unspecified atom stereocenters. The minimum atomic E-state index is 0. The molecular weight excluding hydrogens is 597 g/mol. The first-order valence-corrected chi connectivity index (χ1v) is 17.1. The number of fused-ring (bicyclic) bond motifs is 1. The minimum absolute atomic E-state index is 0. The zero-order valence-electron chi connectivity index (χ0n) is 25.9. The first-order valence-electron chi connectivity index (χ1n) is 17.1. The van der Waals surface area contributed by atoms with Crippen LogP contribution in [0, 0.1) is 17.8 Å². The van der Waals surface area contributed by atoms with Gasteiger partial charge in [0, 0.05) is 42.8 Å². The number of anilines is 2. The lowest BCUT2D eigenvalue weighted by molar-refractivity contribution is -0.0159. The van der Waals surface area contributed by atoms with Crippen LogP contribution in [0.5, 0.6) is 0 Å². The smallest absolute Gasteiger partial charge is 0.317 e. The van der Waals surface area contributed by atoms with Crippen LogP contribution in [0.25, 0.3) is 11.2 Å². The third-order valence-electron chi connectivity index (χ3n) is 11.8. The van der Waals surface area contributed by atoms with Crippen LogP contribution < -0.4 is 21.7 Å². The molecule has 2 amide bonds. The number of carbonyl (C=O) groups is 1. The number of aromatic nitrogens is 4. The summed E-state index contributed by atoms with van der Waals surface area (Å²) in [5.41, 5.74) is 8.02. The van der Waals surface area contributed by atoms with Crippen LogP contribution in [-0.2, 0) is 0 Å². The van der Waals surface area contributed by atoms with Gasteiger partial charge < -0.3 is 31.2 Å². The highest BCUT2D eigenvalue weighted by Crippen LogP contribution is 2.55. The average Bonchev–Trinajstić information content (AvgIpc) is 3.64. The van der Waals surface area contributed by atoms with Gasteiger partial charge in [-0.15, -0.1) is 24.8 Å². The Balaban J connectivity index is 0.00000171. The Morgan fingerprint density at radius 1 is 0.818 bits per heavy atom. The summed E-state index contributed by atoms with van der Waals surface area (Å²) in [6, 6.07) is 1.55. The maximum atomic E-state index is 13.5. The average molecular weight is 649 g/mol. The fourth-order valence-corrected chi connectivity index (χ4v) is 9.97. The van der Waals surface area contributed by atoms with E-state index in [4.69, 9.17) is 20.7 Å². The quantitative estimate of drug-likeness (QED) is 0.302. The lowest BCUT2D eigenvalue weighted by Crippen LogP contribution is -2.62. The SMILES string of the molecule is Cl.Cl.N[C@H]1CC[C@H](Nc2nc(NC3CCN(C(=O)NC45CC6CC(CC(C6)C4)C5)CC3)c3ncn(C4CCCC4)c3n2)CC1. The number of rotatable bonds is 6. The summed E-state index contributed by atoms with van der Waals surface area (Å²) in [4.78, 5) is 30.3. The van der Waals surface area contributed by atoms with Gasteiger partial charge in [-0.1, -0.05) is 12.8 Å². The van der Waals surface area contributed by atoms with Gasteiger partial charge in [-0.3, -0.25) is 0 Å². The zero-order valence-corrected chi connectivity index (χ0v) is 27.5. The summed E-state index contributed by atoms with van der Waals surface area (Å²) >= 11 is 0. The Kier molecular flexibility index (Phi) is 9.42. The molecule has 4 bridgehead atoms. The van der Waals surface area contributed by atoms with E-state index in [2.05, 4.69) is 25.4 Å². The number of piperidine rings is 1. The van der Waals surface area contributed by atoms with Gasteiger partial charge in [0.2, 0.25) is 5.95 Å². The number of hydrogen-bond acceptors (Lipinski definition) is 7. The summed E-state index contributed by atoms with van der Waals surface area (Å²) < 4.78 is 2.29. The van der Waals surface area contributed by atoms with E-state index < -0.39 is 0 Å². The standard InChI is InChI=1S/C32H49N9O.2ClH/c33-23-5-7-24(8-6-23)36-30-37-28(27-29(38-30)41(19-34-27)26-3-1-2-4-26)35-25-9-11-40(12-10-25)31(42)39-32-16-20-13-21(17-32)15-22(14-20)18-32;;/h19-26H,1-18,33H2,(H,39,42)(H2,35,36,37,38);2*1H/t20?,21?,22?,23-,24-,32?;;. The van der Waals surface area contributed by atoms with Crippen LogP contribution in [0.2, 0.25) is 0 Å². The molecule has 44 heavy (non-hydrogen) atoms. The molecule has 0 atom stereocenters. The number of amides is 2. The van der Waals surface area contributed by atoms with Gasteiger partial charge in [0.1, 0.15) is 0 Å². The van der Waals surface area contributed by atoms with Crippen molar-refractivity contribution in [1.29, 1.82) is 0 Å². The van der Waals surface area contributed by atoms with Crippen LogP contribution in [0.3, 0.4) is 0 Å². The normalized spacial score (nSPS) is 33.6. The monoisotopic (exact) mass is 647 g/mol. The van der Waals surface area contributed by atoms with Crippen molar-refractivity contribution in [2.45, 2.75) is 132 Å². The van der Waals surface area contributed by atoms with E-state index in [1.807, 2.05) is 6.33 Å². The summed E-state index contributed by atoms with van der Waals surface area (Å²) in [5, 5.41) is 11.0. The minimum Gasteiger partial charge on any atom is -0.365 e. The van der Waals surface area contributed by atoms with Crippen LogP contribution in [0.15, 0.2) is 6.33 Å². The highest BCUT2D eigenvalue weighted by atomic mass is 35.5. The zero-order chi connectivity index (χ0) is 28.3. The van der Waals surface area contributed by atoms with Gasteiger partial charge in [0.15, 0.2) is 17.0 Å². The molecule has 9 rings (SSSR count). The molecule has 12 heteroatoms. The number of hydrogen-bond donors (Lipinski definition) is 4.